The van der Waals surface area contributed by atoms with Crippen molar-refractivity contribution in [1.29, 1.82) is 0 Å². The van der Waals surface area contributed by atoms with Crippen LogP contribution in [0.2, 0.25) is 0 Å². The second-order valence-electron chi connectivity index (χ2n) is 4.12. The highest BCUT2D eigenvalue weighted by molar-refractivity contribution is 6.50. The second-order valence-corrected chi connectivity index (χ2v) is 4.12. The number of aromatic amines is 1. The Balaban J connectivity index is 0.000000442. The maximum Gasteiger partial charge on any atom is 0.673 e. The number of nitrogens with zero attached hydrogens (tertiary/aromatic N) is 1. The van der Waals surface area contributed by atoms with Gasteiger partial charge in [0.1, 0.15) is 0 Å². The van der Waals surface area contributed by atoms with Crippen LogP contribution in [0.1, 0.15) is 5.56 Å². The minimum atomic E-state index is -6.00. The first-order valence-corrected chi connectivity index (χ1v) is 6.05. The number of halogens is 10. The predicted octanol–water partition coefficient (Wildman–Crippen LogP) is 4.60. The van der Waals surface area contributed by atoms with Gasteiger partial charge < -0.3 is 34.5 Å². The molecule has 0 spiro atoms. The molecule has 2 rings (SSSR count). The van der Waals surface area contributed by atoms with Crippen LogP contribution >= 0.6 is 0 Å². The Hall–Kier alpha value is -1.98. The fraction of sp³-hybridized carbons (Fsp3) is 0.100. The Bertz CT molecular complexity index is 529. The molecule has 1 aliphatic rings. The number of pyridine rings is 1. The van der Waals surface area contributed by atoms with Gasteiger partial charge in [-0.2, -0.15) is 0 Å². The molecule has 0 aliphatic carbocycles. The summed E-state index contributed by atoms with van der Waals surface area (Å²) in [4.78, 5) is 0.818. The fourth-order valence-corrected chi connectivity index (χ4v) is 1.33. The van der Waals surface area contributed by atoms with Gasteiger partial charge in [0, 0.05) is 27.2 Å². The van der Waals surface area contributed by atoms with Gasteiger partial charge in [0.05, 0.1) is 4.93 Å². The van der Waals surface area contributed by atoms with E-state index in [0.29, 0.717) is 0 Å². The minimum Gasteiger partial charge on any atom is -0.418 e. The molecular formula is C10H10B2F10N2. The summed E-state index contributed by atoms with van der Waals surface area (Å²) in [5, 5.41) is 0. The van der Waals surface area contributed by atoms with Crippen molar-refractivity contribution < 1.29 is 53.4 Å². The molecule has 0 fully saturated rings. The Morgan fingerprint density at radius 1 is 0.833 bits per heavy atom. The van der Waals surface area contributed by atoms with Gasteiger partial charge in [-0.25, -0.2) is 4.98 Å². The third kappa shape index (κ3) is 14.9. The van der Waals surface area contributed by atoms with Gasteiger partial charge in [-0.3, -0.25) is 0 Å². The van der Waals surface area contributed by atoms with E-state index in [1.165, 1.54) is 12.2 Å². The van der Waals surface area contributed by atoms with Crippen LogP contribution in [0.5, 0.6) is 0 Å². The summed E-state index contributed by atoms with van der Waals surface area (Å²) >= 11 is 0. The molecule has 0 amide bonds. The number of allylic oxidation sites excluding steroid dienone is 2. The van der Waals surface area contributed by atoms with E-state index < -0.39 is 19.4 Å². The van der Waals surface area contributed by atoms with E-state index in [1.807, 2.05) is 12.1 Å². The molecule has 0 aromatic carbocycles. The summed E-state index contributed by atoms with van der Waals surface area (Å²) in [6, 6.07) is 3.71. The van der Waals surface area contributed by atoms with E-state index in [0.717, 1.165) is 17.3 Å². The van der Waals surface area contributed by atoms with Gasteiger partial charge in [0.25, 0.3) is 0 Å². The molecule has 2 heterocycles. The van der Waals surface area contributed by atoms with Crippen molar-refractivity contribution in [3.63, 3.8) is 0 Å². The zero-order valence-electron chi connectivity index (χ0n) is 11.6. The molecule has 0 unspecified atom stereocenters. The van der Waals surface area contributed by atoms with Gasteiger partial charge in [-0.05, 0) is 17.2 Å². The van der Waals surface area contributed by atoms with Gasteiger partial charge in [0.2, 0.25) is 0 Å². The van der Waals surface area contributed by atoms with Crippen LogP contribution in [0.15, 0.2) is 42.9 Å². The SMILES string of the molecule is F[B-](F)(F)F.F[B-](F)(F)F.F[N+]1(F)C=CC(c2cc[nH+]cc2)=CC1. The van der Waals surface area contributed by atoms with Crippen LogP contribution in [0.25, 0.3) is 5.57 Å². The van der Waals surface area contributed by atoms with Crippen molar-refractivity contribution in [2.24, 2.45) is 0 Å². The van der Waals surface area contributed by atoms with Crippen molar-refractivity contribution in [2.75, 3.05) is 6.54 Å². The van der Waals surface area contributed by atoms with Crippen LogP contribution in [-0.2, 0) is 0 Å². The van der Waals surface area contributed by atoms with E-state index in [4.69, 9.17) is 0 Å². The molecule has 0 saturated heterocycles. The average molecular weight is 370 g/mol. The molecular weight excluding hydrogens is 360 g/mol. The lowest BCUT2D eigenvalue weighted by Gasteiger charge is -2.11. The molecule has 0 radical (unpaired) electrons. The molecule has 0 saturated carbocycles. The summed E-state index contributed by atoms with van der Waals surface area (Å²) in [7, 11) is -12.0. The molecule has 1 aliphatic heterocycles. The predicted molar refractivity (Wildman–Crippen MR) is 67.8 cm³/mol. The zero-order valence-corrected chi connectivity index (χ0v) is 11.6. The lowest BCUT2D eigenvalue weighted by Crippen LogP contribution is -2.24. The fourth-order valence-electron chi connectivity index (χ4n) is 1.33. The number of aromatic nitrogens is 1. The van der Waals surface area contributed by atoms with Gasteiger partial charge in [-0.15, -0.1) is 0 Å². The Morgan fingerprint density at radius 3 is 1.58 bits per heavy atom. The van der Waals surface area contributed by atoms with Crippen LogP contribution in [-0.4, -0.2) is 26.0 Å². The van der Waals surface area contributed by atoms with E-state index in [9.17, 15) is 43.5 Å². The van der Waals surface area contributed by atoms with Crippen LogP contribution < -0.4 is 4.98 Å². The van der Waals surface area contributed by atoms with Crippen LogP contribution in [0.3, 0.4) is 0 Å². The topological polar surface area (TPSA) is 14.1 Å². The smallest absolute Gasteiger partial charge is 0.418 e. The standard InChI is InChI=1S/C10H9F2N2.2BF4/c11-14(12)7-3-10(4-8-14)9-1-5-13-6-2-9;2*2-1(3,4)5/h1-7H,8H2;;/q+1;2*-1/p+1. The largest absolute Gasteiger partial charge is 0.673 e. The first kappa shape index (κ1) is 22.0. The van der Waals surface area contributed by atoms with Crippen LogP contribution in [0.4, 0.5) is 43.5 Å². The molecule has 136 valence electrons. The number of hydrogen-bond donors (Lipinski definition) is 0. The molecule has 24 heavy (non-hydrogen) atoms. The van der Waals surface area contributed by atoms with Gasteiger partial charge in [0.15, 0.2) is 25.1 Å². The highest BCUT2D eigenvalue weighted by Crippen LogP contribution is 2.23. The molecule has 1 aromatic rings. The summed E-state index contributed by atoms with van der Waals surface area (Å²) in [5.74, 6) is 0. The lowest BCUT2D eigenvalue weighted by atomic mass is 10.1. The highest BCUT2D eigenvalue weighted by Gasteiger charge is 2.28. The third-order valence-electron chi connectivity index (χ3n) is 2.08. The first-order chi connectivity index (χ1) is 10.7. The first-order valence-electron chi connectivity index (χ1n) is 6.05. The van der Waals surface area contributed by atoms with E-state index >= 15 is 0 Å². The maximum atomic E-state index is 12.7. The van der Waals surface area contributed by atoms with Crippen molar-refractivity contribution >= 4 is 20.1 Å². The normalized spacial score (nSPS) is 16.2. The Morgan fingerprint density at radius 2 is 1.25 bits per heavy atom. The monoisotopic (exact) mass is 370 g/mol. The second kappa shape index (κ2) is 8.76. The number of H-pyrrole nitrogens is 1. The van der Waals surface area contributed by atoms with E-state index in [2.05, 4.69) is 4.98 Å². The van der Waals surface area contributed by atoms with E-state index in [1.54, 1.807) is 12.4 Å². The van der Waals surface area contributed by atoms with Crippen molar-refractivity contribution in [3.05, 3.63) is 48.4 Å². The number of hydrogen-bond acceptors (Lipinski definition) is 0. The van der Waals surface area contributed by atoms with Crippen molar-refractivity contribution in [3.8, 4) is 0 Å². The zero-order chi connectivity index (χ0) is 19.0. The highest BCUT2D eigenvalue weighted by atomic mass is 19.5. The molecule has 0 atom stereocenters. The molecule has 1 N–H and O–H groups in total. The average Bonchev–Trinajstić information content (AvgIpc) is 2.36. The molecule has 1 aromatic heterocycles. The third-order valence-corrected chi connectivity index (χ3v) is 2.08. The van der Waals surface area contributed by atoms with Crippen molar-refractivity contribution in [1.82, 2.24) is 0 Å². The Labute approximate surface area is 129 Å². The number of nitrogens with one attached hydrogen (secondary N) is 1. The maximum absolute atomic E-state index is 12.7. The van der Waals surface area contributed by atoms with Gasteiger partial charge >= 0.3 is 14.5 Å². The van der Waals surface area contributed by atoms with E-state index in [-0.39, 0.29) is 6.54 Å². The summed E-state index contributed by atoms with van der Waals surface area (Å²) in [6.45, 7) is -0.273. The van der Waals surface area contributed by atoms with Gasteiger partial charge in [-0.1, -0.05) is 0 Å². The molecule has 0 bridgehead atoms. The summed E-state index contributed by atoms with van der Waals surface area (Å²) in [5.41, 5.74) is 1.78. The molecule has 14 heteroatoms. The lowest BCUT2D eigenvalue weighted by molar-refractivity contribution is -1.13. The van der Waals surface area contributed by atoms with Crippen LogP contribution in [0, 0.1) is 0 Å². The summed E-state index contributed by atoms with van der Waals surface area (Å²) < 4.78 is 103. The minimum absolute atomic E-state index is 0.273. The molecule has 2 nitrogen and oxygen atoms in total. The Kier molecular flexibility index (Phi) is 8.03. The number of rotatable bonds is 1. The number of quaternary nitrogens is 1. The quantitative estimate of drug-likeness (QED) is 0.390. The van der Waals surface area contributed by atoms with Crippen molar-refractivity contribution in [2.45, 2.75) is 0 Å². The summed E-state index contributed by atoms with van der Waals surface area (Å²) in [6.07, 6.45) is 7.41.